The molecule has 0 bridgehead atoms. The second-order valence-electron chi connectivity index (χ2n) is 8.19. The third-order valence-electron chi connectivity index (χ3n) is 5.48. The molecule has 0 saturated carbocycles. The van der Waals surface area contributed by atoms with Crippen molar-refractivity contribution in [1.82, 2.24) is 4.90 Å². The number of aromatic hydroxyl groups is 1. The number of benzene rings is 2. The Morgan fingerprint density at radius 3 is 2.55 bits per heavy atom. The number of nitrogens with zero attached hydrogens (tertiary/aromatic N) is 1. The van der Waals surface area contributed by atoms with Gasteiger partial charge in [0.05, 0.1) is 21.2 Å². The molecule has 4 rings (SSSR count). The number of rotatable bonds is 3. The molecule has 1 N–H and O–H groups in total. The van der Waals surface area contributed by atoms with Gasteiger partial charge in [0, 0.05) is 19.6 Å². The fourth-order valence-electron chi connectivity index (χ4n) is 4.35. The van der Waals surface area contributed by atoms with E-state index >= 15 is 0 Å². The summed E-state index contributed by atoms with van der Waals surface area (Å²) >= 11 is 12.0. The quantitative estimate of drug-likeness (QED) is 0.624. The lowest BCUT2D eigenvalue weighted by atomic mass is 9.91. The number of halogens is 2. The third-order valence-corrected chi connectivity index (χ3v) is 6.22. The second-order valence-corrected chi connectivity index (χ2v) is 9.01. The Balaban J connectivity index is 1.64. The van der Waals surface area contributed by atoms with Gasteiger partial charge in [-0.1, -0.05) is 43.1 Å². The molecule has 0 amide bonds. The molecule has 2 heterocycles. The van der Waals surface area contributed by atoms with Crippen LogP contribution in [0.25, 0.3) is 6.08 Å². The summed E-state index contributed by atoms with van der Waals surface area (Å²) in [6, 6.07) is 8.34. The van der Waals surface area contributed by atoms with Crippen molar-refractivity contribution in [1.29, 1.82) is 0 Å². The first kappa shape index (κ1) is 20.3. The van der Waals surface area contributed by atoms with E-state index in [9.17, 15) is 9.90 Å². The lowest BCUT2D eigenvalue weighted by Crippen LogP contribution is -2.38. The summed E-state index contributed by atoms with van der Waals surface area (Å²) in [6.45, 7) is 6.98. The standard InChI is InChI=1S/C23H23Cl2NO3/c1-13-7-14(2)11-26(10-13)12-17-20(27)6-4-16-22(28)21(29-23(16)17)9-15-3-5-18(24)19(25)8-15/h3-6,8-9,13-14,27H,7,10-12H2,1-2H3/b21-9+. The molecule has 0 aromatic heterocycles. The number of piperidine rings is 1. The van der Waals surface area contributed by atoms with Crippen molar-refractivity contribution < 1.29 is 14.6 Å². The second kappa shape index (κ2) is 8.02. The maximum atomic E-state index is 12.9. The van der Waals surface area contributed by atoms with E-state index in [4.69, 9.17) is 27.9 Å². The molecular weight excluding hydrogens is 409 g/mol. The summed E-state index contributed by atoms with van der Waals surface area (Å²) in [5.74, 6) is 1.82. The molecule has 1 fully saturated rings. The fourth-order valence-corrected chi connectivity index (χ4v) is 4.65. The SMILES string of the molecule is CC1CC(C)CN(Cc2c(O)ccc3c2O/C(=C/c2ccc(Cl)c(Cl)c2)C3=O)C1. The molecular formula is C23H23Cl2NO3. The zero-order valence-corrected chi connectivity index (χ0v) is 17.9. The number of phenols is 1. The molecule has 6 heteroatoms. The zero-order chi connectivity index (χ0) is 20.7. The number of fused-ring (bicyclic) bond motifs is 1. The molecule has 2 atom stereocenters. The van der Waals surface area contributed by atoms with Crippen LogP contribution in [0.15, 0.2) is 36.1 Å². The first-order valence-corrected chi connectivity index (χ1v) is 10.5. The van der Waals surface area contributed by atoms with Crippen LogP contribution in [0, 0.1) is 11.8 Å². The number of ether oxygens (including phenoxy) is 1. The van der Waals surface area contributed by atoms with Gasteiger partial charge < -0.3 is 9.84 Å². The van der Waals surface area contributed by atoms with Gasteiger partial charge in [0.1, 0.15) is 11.5 Å². The molecule has 2 unspecified atom stereocenters. The molecule has 4 nitrogen and oxygen atoms in total. The van der Waals surface area contributed by atoms with Crippen molar-refractivity contribution in [2.75, 3.05) is 13.1 Å². The van der Waals surface area contributed by atoms with Crippen LogP contribution in [0.4, 0.5) is 0 Å². The maximum Gasteiger partial charge on any atom is 0.231 e. The number of carbonyl (C=O) groups excluding carboxylic acids is 1. The number of hydrogen-bond acceptors (Lipinski definition) is 4. The minimum Gasteiger partial charge on any atom is -0.507 e. The smallest absolute Gasteiger partial charge is 0.231 e. The van der Waals surface area contributed by atoms with Crippen LogP contribution in [-0.4, -0.2) is 28.9 Å². The van der Waals surface area contributed by atoms with Crippen molar-refractivity contribution >= 4 is 35.1 Å². The number of carbonyl (C=O) groups is 1. The number of likely N-dealkylation sites (tertiary alicyclic amines) is 1. The van der Waals surface area contributed by atoms with Crippen LogP contribution in [0.1, 0.15) is 41.8 Å². The average molecular weight is 432 g/mol. The van der Waals surface area contributed by atoms with Gasteiger partial charge in [0.15, 0.2) is 5.76 Å². The first-order chi connectivity index (χ1) is 13.8. The van der Waals surface area contributed by atoms with Crippen LogP contribution in [-0.2, 0) is 6.54 Å². The highest BCUT2D eigenvalue weighted by atomic mass is 35.5. The Kier molecular flexibility index (Phi) is 5.60. The van der Waals surface area contributed by atoms with E-state index in [0.29, 0.717) is 45.3 Å². The number of ketones is 1. The van der Waals surface area contributed by atoms with Crippen molar-refractivity contribution in [3.63, 3.8) is 0 Å². The van der Waals surface area contributed by atoms with E-state index in [1.165, 1.54) is 6.42 Å². The van der Waals surface area contributed by atoms with Gasteiger partial charge in [-0.15, -0.1) is 0 Å². The number of allylic oxidation sites excluding steroid dienone is 1. The Labute approximate surface area is 180 Å². The minimum absolute atomic E-state index is 0.151. The Morgan fingerprint density at radius 2 is 1.86 bits per heavy atom. The third kappa shape index (κ3) is 4.16. The maximum absolute atomic E-state index is 12.9. The van der Waals surface area contributed by atoms with E-state index in [-0.39, 0.29) is 17.3 Å². The normalized spacial score (nSPS) is 23.3. The van der Waals surface area contributed by atoms with Gasteiger partial charge in [-0.05, 0) is 54.2 Å². The van der Waals surface area contributed by atoms with Crippen molar-refractivity contribution in [2.45, 2.75) is 26.8 Å². The highest BCUT2D eigenvalue weighted by Gasteiger charge is 2.32. The Bertz CT molecular complexity index is 992. The topological polar surface area (TPSA) is 49.8 Å². The van der Waals surface area contributed by atoms with Crippen LogP contribution in [0.5, 0.6) is 11.5 Å². The zero-order valence-electron chi connectivity index (χ0n) is 16.4. The van der Waals surface area contributed by atoms with Crippen molar-refractivity contribution in [2.24, 2.45) is 11.8 Å². The van der Waals surface area contributed by atoms with Gasteiger partial charge in [-0.25, -0.2) is 0 Å². The monoisotopic (exact) mass is 431 g/mol. The lowest BCUT2D eigenvalue weighted by Gasteiger charge is -2.35. The van der Waals surface area contributed by atoms with Crippen LogP contribution < -0.4 is 4.74 Å². The molecule has 0 aliphatic carbocycles. The van der Waals surface area contributed by atoms with E-state index in [0.717, 1.165) is 18.7 Å². The fraction of sp³-hybridized carbons (Fsp3) is 0.348. The number of hydrogen-bond donors (Lipinski definition) is 1. The highest BCUT2D eigenvalue weighted by Crippen LogP contribution is 2.41. The summed E-state index contributed by atoms with van der Waals surface area (Å²) in [5.41, 5.74) is 1.86. The Hall–Kier alpha value is -2.01. The molecule has 0 spiro atoms. The van der Waals surface area contributed by atoms with Gasteiger partial charge in [-0.3, -0.25) is 9.69 Å². The highest BCUT2D eigenvalue weighted by molar-refractivity contribution is 6.42. The number of phenolic OH excluding ortho intramolecular Hbond substituents is 1. The number of Topliss-reactive ketones (excluding diaryl/α,β-unsaturated/α-hetero) is 1. The largest absolute Gasteiger partial charge is 0.507 e. The van der Waals surface area contributed by atoms with E-state index < -0.39 is 0 Å². The van der Waals surface area contributed by atoms with Gasteiger partial charge in [0.2, 0.25) is 5.78 Å². The van der Waals surface area contributed by atoms with Crippen LogP contribution in [0.3, 0.4) is 0 Å². The van der Waals surface area contributed by atoms with Crippen molar-refractivity contribution in [3.05, 3.63) is 62.8 Å². The predicted molar refractivity (Wildman–Crippen MR) is 116 cm³/mol. The summed E-state index contributed by atoms with van der Waals surface area (Å²) in [7, 11) is 0. The molecule has 2 aromatic carbocycles. The summed E-state index contributed by atoms with van der Waals surface area (Å²) < 4.78 is 5.95. The Morgan fingerprint density at radius 1 is 1.14 bits per heavy atom. The summed E-state index contributed by atoms with van der Waals surface area (Å²) in [4.78, 5) is 15.2. The van der Waals surface area contributed by atoms with Crippen molar-refractivity contribution in [3.8, 4) is 11.5 Å². The van der Waals surface area contributed by atoms with Crippen LogP contribution >= 0.6 is 23.2 Å². The molecule has 2 aliphatic rings. The molecule has 2 aromatic rings. The molecule has 2 aliphatic heterocycles. The van der Waals surface area contributed by atoms with E-state index in [1.54, 1.807) is 36.4 Å². The molecule has 29 heavy (non-hydrogen) atoms. The summed E-state index contributed by atoms with van der Waals surface area (Å²) in [5, 5.41) is 11.4. The van der Waals surface area contributed by atoms with Gasteiger partial charge >= 0.3 is 0 Å². The molecule has 1 saturated heterocycles. The van der Waals surface area contributed by atoms with Crippen LogP contribution in [0.2, 0.25) is 10.0 Å². The summed E-state index contributed by atoms with van der Waals surface area (Å²) in [6.07, 6.45) is 2.86. The minimum atomic E-state index is -0.201. The van der Waals surface area contributed by atoms with Gasteiger partial charge in [-0.2, -0.15) is 0 Å². The van der Waals surface area contributed by atoms with E-state index in [1.807, 2.05) is 0 Å². The average Bonchev–Trinajstić information content (AvgIpc) is 2.96. The predicted octanol–water partition coefficient (Wildman–Crippen LogP) is 5.79. The molecule has 152 valence electrons. The van der Waals surface area contributed by atoms with E-state index in [2.05, 4.69) is 18.7 Å². The van der Waals surface area contributed by atoms with Gasteiger partial charge in [0.25, 0.3) is 0 Å². The molecule has 0 radical (unpaired) electrons. The lowest BCUT2D eigenvalue weighted by molar-refractivity contribution is 0.101. The first-order valence-electron chi connectivity index (χ1n) is 9.78.